The van der Waals surface area contributed by atoms with Gasteiger partial charge < -0.3 is 17.1 Å². The van der Waals surface area contributed by atoms with Gasteiger partial charge in [-0.3, -0.25) is 10.1 Å². The zero-order chi connectivity index (χ0) is 19.5. The van der Waals surface area contributed by atoms with Crippen LogP contribution < -0.4 is 21.9 Å². The molecule has 4 aromatic rings. The second-order valence-electron chi connectivity index (χ2n) is 5.94. The number of benzene rings is 3. The lowest BCUT2D eigenvalue weighted by Gasteiger charge is -1.99. The van der Waals surface area contributed by atoms with Crippen molar-refractivity contribution in [3.05, 3.63) is 89.0 Å². The van der Waals surface area contributed by atoms with Gasteiger partial charge in [0.15, 0.2) is 5.69 Å². The highest BCUT2D eigenvalue weighted by Gasteiger charge is 2.23. The average Bonchev–Trinajstić information content (AvgIpc) is 3.20. The molecule has 0 saturated carbocycles. The van der Waals surface area contributed by atoms with Crippen LogP contribution in [0.5, 0.6) is 5.75 Å². The van der Waals surface area contributed by atoms with Gasteiger partial charge in [-0.25, -0.2) is 0 Å². The lowest BCUT2D eigenvalue weighted by molar-refractivity contribution is -0.734. The minimum Gasteiger partial charge on any atom is -1.00 e. The topological polar surface area (TPSA) is 87.0 Å². The zero-order valence-corrected chi connectivity index (χ0v) is 16.1. The Labute approximate surface area is 172 Å². The molecule has 0 fully saturated rings. The summed E-state index contributed by atoms with van der Waals surface area (Å²) in [6.45, 7) is 0. The maximum atomic E-state index is 10.9. The smallest absolute Gasteiger partial charge is 0.340 e. The summed E-state index contributed by atoms with van der Waals surface area (Å²) in [5.41, 5.74) is 2.31. The van der Waals surface area contributed by atoms with Crippen LogP contribution in [-0.4, -0.2) is 27.0 Å². The van der Waals surface area contributed by atoms with E-state index in [1.807, 2.05) is 54.6 Å². The molecule has 8 nitrogen and oxygen atoms in total. The number of hydrogen-bond acceptors (Lipinski definition) is 5. The Bertz CT molecular complexity index is 1110. The molecule has 146 valence electrons. The third-order valence-corrected chi connectivity index (χ3v) is 4.19. The molecule has 1 aromatic heterocycles. The molecule has 0 bridgehead atoms. The van der Waals surface area contributed by atoms with Crippen LogP contribution in [0.2, 0.25) is 0 Å². The quantitative estimate of drug-likeness (QED) is 0.266. The minimum absolute atomic E-state index is 0. The SMILES string of the molecule is COc1ccc(-c2nn(-c3ccccc3)[n+](-c3ccc([N+](=O)[O-])cc3)n2)cc1.[Cl-]. The number of non-ortho nitro benzene ring substituents is 1. The first kappa shape index (κ1) is 20.0. The van der Waals surface area contributed by atoms with Gasteiger partial charge in [-0.1, -0.05) is 18.2 Å². The van der Waals surface area contributed by atoms with Gasteiger partial charge in [0.05, 0.1) is 22.7 Å². The summed E-state index contributed by atoms with van der Waals surface area (Å²) in [6.07, 6.45) is 0. The average molecular weight is 410 g/mol. The molecule has 0 N–H and O–H groups in total. The summed E-state index contributed by atoms with van der Waals surface area (Å²) in [6, 6.07) is 23.2. The predicted molar refractivity (Wildman–Crippen MR) is 102 cm³/mol. The van der Waals surface area contributed by atoms with Crippen LogP contribution in [0.1, 0.15) is 0 Å². The van der Waals surface area contributed by atoms with Crippen molar-refractivity contribution in [3.63, 3.8) is 0 Å². The van der Waals surface area contributed by atoms with Gasteiger partial charge >= 0.3 is 5.82 Å². The van der Waals surface area contributed by atoms with Crippen molar-refractivity contribution in [2.24, 2.45) is 0 Å². The van der Waals surface area contributed by atoms with E-state index >= 15 is 0 Å². The molecule has 0 saturated heterocycles. The minimum atomic E-state index is -0.431. The standard InChI is InChI=1S/C20H16N5O3.ClH/c1-28-19-13-7-15(8-14-19)20-21-23(16-5-3-2-4-6-16)24(22-20)17-9-11-18(12-10-17)25(26)27;/h2-14H,1H3;1H/q+1;/p-1. The van der Waals surface area contributed by atoms with Crippen molar-refractivity contribution >= 4 is 5.69 Å². The molecule has 9 heteroatoms. The fourth-order valence-corrected chi connectivity index (χ4v) is 2.74. The Morgan fingerprint density at radius 1 is 0.966 bits per heavy atom. The van der Waals surface area contributed by atoms with E-state index in [2.05, 4.69) is 10.2 Å². The van der Waals surface area contributed by atoms with E-state index < -0.39 is 4.92 Å². The fourth-order valence-electron chi connectivity index (χ4n) is 2.74. The van der Waals surface area contributed by atoms with Crippen LogP contribution in [0, 0.1) is 10.1 Å². The number of halogens is 1. The summed E-state index contributed by atoms with van der Waals surface area (Å²) in [7, 11) is 1.61. The van der Waals surface area contributed by atoms with Crippen LogP contribution in [0.25, 0.3) is 22.8 Å². The van der Waals surface area contributed by atoms with Gasteiger partial charge in [-0.15, -0.1) is 0 Å². The van der Waals surface area contributed by atoms with Gasteiger partial charge in [0.25, 0.3) is 5.69 Å². The molecule has 0 spiro atoms. The number of rotatable bonds is 5. The second-order valence-corrected chi connectivity index (χ2v) is 5.94. The number of tetrazole rings is 1. The molecule has 29 heavy (non-hydrogen) atoms. The summed E-state index contributed by atoms with van der Waals surface area (Å²) in [4.78, 5) is 13.8. The first-order valence-electron chi connectivity index (χ1n) is 8.50. The number of nitrogens with zero attached hydrogens (tertiary/aromatic N) is 5. The van der Waals surface area contributed by atoms with Crippen LogP contribution in [0.4, 0.5) is 5.69 Å². The van der Waals surface area contributed by atoms with Crippen molar-refractivity contribution in [3.8, 4) is 28.5 Å². The number of methoxy groups -OCH3 is 1. The number of nitro groups is 1. The Morgan fingerprint density at radius 3 is 2.21 bits per heavy atom. The van der Waals surface area contributed by atoms with Crippen molar-refractivity contribution in [1.29, 1.82) is 0 Å². The van der Waals surface area contributed by atoms with E-state index in [1.54, 1.807) is 28.8 Å². The third kappa shape index (κ3) is 4.07. The van der Waals surface area contributed by atoms with Gasteiger partial charge in [-0.05, 0) is 58.4 Å². The van der Waals surface area contributed by atoms with E-state index in [1.165, 1.54) is 12.1 Å². The molecule has 1 heterocycles. The van der Waals surface area contributed by atoms with E-state index in [-0.39, 0.29) is 18.1 Å². The summed E-state index contributed by atoms with van der Waals surface area (Å²) in [5, 5.41) is 20.2. The number of hydrogen-bond donors (Lipinski definition) is 0. The van der Waals surface area contributed by atoms with Crippen molar-refractivity contribution in [2.75, 3.05) is 7.11 Å². The second kappa shape index (κ2) is 8.49. The molecule has 3 aromatic carbocycles. The van der Waals surface area contributed by atoms with Gasteiger partial charge in [0.2, 0.25) is 0 Å². The van der Waals surface area contributed by atoms with Crippen molar-refractivity contribution in [2.45, 2.75) is 0 Å². The molecular formula is C20H16ClN5O3. The molecule has 4 rings (SSSR count). The third-order valence-electron chi connectivity index (χ3n) is 4.19. The van der Waals surface area contributed by atoms with Gasteiger partial charge in [-0.2, -0.15) is 0 Å². The number of nitro benzene ring substituents is 1. The van der Waals surface area contributed by atoms with E-state index in [4.69, 9.17) is 4.74 Å². The molecule has 0 aliphatic carbocycles. The number of para-hydroxylation sites is 1. The fraction of sp³-hybridized carbons (Fsp3) is 0.0500. The molecule has 0 aliphatic heterocycles. The van der Waals surface area contributed by atoms with Crippen LogP contribution in [0.3, 0.4) is 0 Å². The molecule has 0 amide bonds. The van der Waals surface area contributed by atoms with Crippen molar-refractivity contribution < 1.29 is 26.9 Å². The van der Waals surface area contributed by atoms with E-state index in [9.17, 15) is 10.1 Å². The number of aromatic nitrogens is 4. The van der Waals surface area contributed by atoms with Crippen LogP contribution in [-0.2, 0) is 0 Å². The molecule has 0 atom stereocenters. The molecule has 0 unspecified atom stereocenters. The van der Waals surface area contributed by atoms with E-state index in [0.29, 0.717) is 11.5 Å². The summed E-state index contributed by atoms with van der Waals surface area (Å²) >= 11 is 0. The highest BCUT2D eigenvalue weighted by Crippen LogP contribution is 2.19. The summed E-state index contributed by atoms with van der Waals surface area (Å²) in [5.74, 6) is 1.26. The highest BCUT2D eigenvalue weighted by atomic mass is 35.5. The largest absolute Gasteiger partial charge is 1.00 e. The highest BCUT2D eigenvalue weighted by molar-refractivity contribution is 5.55. The first-order chi connectivity index (χ1) is 13.7. The van der Waals surface area contributed by atoms with E-state index in [0.717, 1.165) is 17.0 Å². The van der Waals surface area contributed by atoms with Crippen LogP contribution in [0.15, 0.2) is 78.9 Å². The first-order valence-corrected chi connectivity index (χ1v) is 8.50. The van der Waals surface area contributed by atoms with Gasteiger partial charge in [0, 0.05) is 16.9 Å². The van der Waals surface area contributed by atoms with Crippen LogP contribution >= 0.6 is 0 Å². The molecular weight excluding hydrogens is 394 g/mol. The zero-order valence-electron chi connectivity index (χ0n) is 15.3. The normalized spacial score (nSPS) is 10.2. The molecule has 0 aliphatic rings. The van der Waals surface area contributed by atoms with Gasteiger partial charge in [0.1, 0.15) is 11.4 Å². The molecule has 0 radical (unpaired) electrons. The Morgan fingerprint density at radius 2 is 1.62 bits per heavy atom. The Hall–Kier alpha value is -3.78. The Balaban J connectivity index is 0.00000240. The number of ether oxygens (including phenoxy) is 1. The maximum Gasteiger partial charge on any atom is 0.340 e. The lowest BCUT2D eigenvalue weighted by atomic mass is 10.2. The lowest BCUT2D eigenvalue weighted by Crippen LogP contribution is -3.00. The maximum absolute atomic E-state index is 10.9. The monoisotopic (exact) mass is 409 g/mol. The summed E-state index contributed by atoms with van der Waals surface area (Å²) < 4.78 is 5.20. The predicted octanol–water partition coefficient (Wildman–Crippen LogP) is 0.132. The Kier molecular flexibility index (Phi) is 5.85. The van der Waals surface area contributed by atoms with Crippen molar-refractivity contribution in [1.82, 2.24) is 15.0 Å².